The number of halogens is 1. The lowest BCUT2D eigenvalue weighted by Crippen LogP contribution is -2.57. The molecule has 0 radical (unpaired) electrons. The number of phenolic OH excluding ortho intramolecular Hbond substituents is 1. The summed E-state index contributed by atoms with van der Waals surface area (Å²) < 4.78 is 28.4. The van der Waals surface area contributed by atoms with Gasteiger partial charge in [0, 0.05) is 29.5 Å². The van der Waals surface area contributed by atoms with Gasteiger partial charge in [-0.2, -0.15) is 9.97 Å². The molecule has 2 saturated heterocycles. The molecule has 4 aromatic rings. The number of aromatic nitrogens is 2. The van der Waals surface area contributed by atoms with E-state index in [1.807, 2.05) is 56.0 Å². The number of phenols is 1. The Morgan fingerprint density at radius 1 is 1.02 bits per heavy atom. The number of rotatable bonds is 6. The fraction of sp³-hybridized carbons (Fsp3) is 0.441. The first kappa shape index (κ1) is 28.6. The number of benzene rings is 3. The van der Waals surface area contributed by atoms with Crippen LogP contribution in [0.2, 0.25) is 0 Å². The van der Waals surface area contributed by atoms with Crippen LogP contribution in [0, 0.1) is 11.2 Å². The number of aliphatic hydroxyl groups excluding tert-OH is 1. The van der Waals surface area contributed by atoms with Crippen molar-refractivity contribution >= 4 is 33.6 Å². The number of nitrogens with zero attached hydrogens (tertiary/aromatic N) is 4. The van der Waals surface area contributed by atoms with E-state index >= 15 is 4.39 Å². The van der Waals surface area contributed by atoms with Gasteiger partial charge in [-0.25, -0.2) is 9.18 Å². The smallest absolute Gasteiger partial charge is 0.410 e. The second-order valence-electron chi connectivity index (χ2n) is 13.5. The van der Waals surface area contributed by atoms with E-state index in [2.05, 4.69) is 9.88 Å². The molecule has 1 aromatic heterocycles. The van der Waals surface area contributed by atoms with Crippen LogP contribution in [0.15, 0.2) is 48.5 Å². The van der Waals surface area contributed by atoms with Crippen LogP contribution in [0.5, 0.6) is 11.8 Å². The second-order valence-corrected chi connectivity index (χ2v) is 13.5. The molecule has 0 spiro atoms. The minimum Gasteiger partial charge on any atom is -0.508 e. The maximum Gasteiger partial charge on any atom is 0.410 e. The van der Waals surface area contributed by atoms with E-state index in [9.17, 15) is 15.0 Å². The van der Waals surface area contributed by atoms with Gasteiger partial charge in [0.15, 0.2) is 5.82 Å². The van der Waals surface area contributed by atoms with E-state index in [0.29, 0.717) is 35.4 Å². The number of fused-ring (bicyclic) bond motifs is 4. The maximum atomic E-state index is 16.6. The van der Waals surface area contributed by atoms with Gasteiger partial charge in [-0.15, -0.1) is 0 Å². The van der Waals surface area contributed by atoms with Crippen molar-refractivity contribution in [1.82, 2.24) is 14.9 Å². The molecule has 2 aliphatic heterocycles. The summed E-state index contributed by atoms with van der Waals surface area (Å²) >= 11 is 0. The first-order valence-corrected chi connectivity index (χ1v) is 15.3. The molecule has 2 N–H and O–H groups in total. The highest BCUT2D eigenvalue weighted by atomic mass is 19.1. The number of ether oxygens (including phenoxy) is 2. The van der Waals surface area contributed by atoms with Gasteiger partial charge >= 0.3 is 12.1 Å². The summed E-state index contributed by atoms with van der Waals surface area (Å²) in [6.45, 7) is 6.87. The number of aliphatic hydroxyl groups is 1. The third-order valence-electron chi connectivity index (χ3n) is 9.09. The van der Waals surface area contributed by atoms with E-state index in [-0.39, 0.29) is 54.1 Å². The Balaban J connectivity index is 1.30. The van der Waals surface area contributed by atoms with Gasteiger partial charge in [-0.3, -0.25) is 4.90 Å². The van der Waals surface area contributed by atoms with Crippen LogP contribution in [0.25, 0.3) is 32.8 Å². The van der Waals surface area contributed by atoms with Crippen LogP contribution in [-0.4, -0.2) is 75.2 Å². The van der Waals surface area contributed by atoms with Crippen molar-refractivity contribution in [3.8, 4) is 22.9 Å². The summed E-state index contributed by atoms with van der Waals surface area (Å²) in [6, 6.07) is 14.2. The number of anilines is 1. The molecule has 7 rings (SSSR count). The Morgan fingerprint density at radius 2 is 1.75 bits per heavy atom. The molecule has 3 heterocycles. The average molecular weight is 601 g/mol. The molecule has 1 amide bonds. The quantitative estimate of drug-likeness (QED) is 0.276. The maximum absolute atomic E-state index is 16.6. The van der Waals surface area contributed by atoms with Gasteiger partial charge in [0.2, 0.25) is 0 Å². The first-order valence-electron chi connectivity index (χ1n) is 15.3. The molecular formula is C34H37FN4O5. The zero-order valence-corrected chi connectivity index (χ0v) is 25.2. The third-order valence-corrected chi connectivity index (χ3v) is 9.09. The van der Waals surface area contributed by atoms with Gasteiger partial charge in [-0.05, 0) is 81.0 Å². The Bertz CT molecular complexity index is 1750. The van der Waals surface area contributed by atoms with Crippen molar-refractivity contribution in [3.05, 3.63) is 54.3 Å². The molecule has 3 fully saturated rings. The molecule has 1 saturated carbocycles. The van der Waals surface area contributed by atoms with Crippen LogP contribution in [0.4, 0.5) is 15.0 Å². The Hall–Kier alpha value is -4.18. The Labute approximate surface area is 255 Å². The highest BCUT2D eigenvalue weighted by Crippen LogP contribution is 2.45. The standard InChI is InChI=1S/C34H37FN4O5/c1-33(2,3)44-32(42)39-21-8-9-22(39)17-38(16-21)30-26-11-10-25(27-15-23(41)14-20-6-4-5-7-24(20)27)28(35)29(26)36-31(37-30)43-19-34(18-40)12-13-34/h4-7,10-11,14-15,21-22,40-41H,8-9,12-13,16-19H2,1-3H3/t21-,22+. The van der Waals surface area contributed by atoms with Crippen molar-refractivity contribution in [2.24, 2.45) is 5.41 Å². The predicted molar refractivity (Wildman–Crippen MR) is 165 cm³/mol. The SMILES string of the molecule is CC(C)(C)OC(=O)N1[C@@H]2CC[C@H]1CN(c1nc(OCC3(CO)CC3)nc3c(F)c(-c4cc(O)cc5ccccc45)ccc13)C2. The summed E-state index contributed by atoms with van der Waals surface area (Å²) in [5.41, 5.74) is 0.0858. The van der Waals surface area contributed by atoms with E-state index in [1.165, 1.54) is 0 Å². The van der Waals surface area contributed by atoms with Crippen molar-refractivity contribution in [3.63, 3.8) is 0 Å². The number of carbonyl (C=O) groups excluding carboxylic acids is 1. The molecule has 44 heavy (non-hydrogen) atoms. The topological polar surface area (TPSA) is 108 Å². The lowest BCUT2D eigenvalue weighted by Gasteiger charge is -2.42. The number of amides is 1. The van der Waals surface area contributed by atoms with Gasteiger partial charge in [-0.1, -0.05) is 30.3 Å². The fourth-order valence-electron chi connectivity index (χ4n) is 6.59. The van der Waals surface area contributed by atoms with E-state index < -0.39 is 11.4 Å². The fourth-order valence-corrected chi connectivity index (χ4v) is 6.59. The lowest BCUT2D eigenvalue weighted by molar-refractivity contribution is 0.0122. The first-order chi connectivity index (χ1) is 21.0. The largest absolute Gasteiger partial charge is 0.508 e. The molecule has 0 unspecified atom stereocenters. The summed E-state index contributed by atoms with van der Waals surface area (Å²) in [6.07, 6.45) is 3.07. The molecule has 2 atom stereocenters. The minimum atomic E-state index is -0.591. The molecule has 3 aliphatic rings. The average Bonchev–Trinajstić information content (AvgIpc) is 3.72. The highest BCUT2D eigenvalue weighted by Gasteiger charge is 2.46. The Morgan fingerprint density at radius 3 is 2.43 bits per heavy atom. The van der Waals surface area contributed by atoms with E-state index in [4.69, 9.17) is 14.5 Å². The van der Waals surface area contributed by atoms with E-state index in [0.717, 1.165) is 36.5 Å². The van der Waals surface area contributed by atoms with Crippen molar-refractivity contribution in [2.45, 2.75) is 64.1 Å². The number of hydrogen-bond donors (Lipinski definition) is 2. The van der Waals surface area contributed by atoms with Gasteiger partial charge in [0.1, 0.15) is 22.7 Å². The summed E-state index contributed by atoms with van der Waals surface area (Å²) in [7, 11) is 0. The van der Waals surface area contributed by atoms with Gasteiger partial charge < -0.3 is 24.6 Å². The van der Waals surface area contributed by atoms with Gasteiger partial charge in [0.05, 0.1) is 25.3 Å². The number of hydrogen-bond acceptors (Lipinski definition) is 8. The van der Waals surface area contributed by atoms with Gasteiger partial charge in [0.25, 0.3) is 0 Å². The molecule has 230 valence electrons. The number of piperazine rings is 1. The molecule has 9 nitrogen and oxygen atoms in total. The summed E-state index contributed by atoms with van der Waals surface area (Å²) in [5.74, 6) is 0.0545. The van der Waals surface area contributed by atoms with Crippen LogP contribution in [0.1, 0.15) is 46.5 Å². The normalized spacial score (nSPS) is 20.8. The molecule has 3 aromatic carbocycles. The van der Waals surface area contributed by atoms with Crippen molar-refractivity contribution < 1.29 is 28.9 Å². The second kappa shape index (κ2) is 10.5. The van der Waals surface area contributed by atoms with Crippen LogP contribution in [0.3, 0.4) is 0 Å². The molecule has 2 bridgehead atoms. The molecule has 10 heteroatoms. The minimum absolute atomic E-state index is 0.00646. The van der Waals surface area contributed by atoms with Crippen molar-refractivity contribution in [1.29, 1.82) is 0 Å². The van der Waals surface area contributed by atoms with E-state index in [1.54, 1.807) is 18.2 Å². The highest BCUT2D eigenvalue weighted by molar-refractivity contribution is 6.01. The summed E-state index contributed by atoms with van der Waals surface area (Å²) in [5, 5.41) is 22.4. The molecular weight excluding hydrogens is 563 g/mol. The zero-order chi connectivity index (χ0) is 30.8. The van der Waals surface area contributed by atoms with Crippen molar-refractivity contribution in [2.75, 3.05) is 31.2 Å². The van der Waals surface area contributed by atoms with Crippen LogP contribution >= 0.6 is 0 Å². The predicted octanol–water partition coefficient (Wildman–Crippen LogP) is 6.03. The lowest BCUT2D eigenvalue weighted by atomic mass is 9.96. The number of carbonyl (C=O) groups is 1. The van der Waals surface area contributed by atoms with Crippen LogP contribution in [-0.2, 0) is 4.74 Å². The Kier molecular flexibility index (Phi) is 6.80. The summed E-state index contributed by atoms with van der Waals surface area (Å²) in [4.78, 5) is 26.4. The third kappa shape index (κ3) is 5.15. The molecule has 1 aliphatic carbocycles. The monoisotopic (exact) mass is 600 g/mol. The number of aromatic hydroxyl groups is 1. The van der Waals surface area contributed by atoms with Crippen LogP contribution < -0.4 is 9.64 Å². The zero-order valence-electron chi connectivity index (χ0n) is 25.2.